The van der Waals surface area contributed by atoms with Crippen LogP contribution in [0.5, 0.6) is 0 Å². The number of nitrogens with two attached hydrogens (primary N) is 1. The third-order valence-electron chi connectivity index (χ3n) is 1.87. The SMILES string of the molecule is C.C.CC(C)CC(=O)C(=O)O.CC(C)C[C@H](N)C(=O)O.N.O.[H+]. The van der Waals surface area contributed by atoms with Crippen molar-refractivity contribution in [1.29, 1.82) is 0 Å². The molecule has 0 aliphatic carbocycles. The first-order valence-electron chi connectivity index (χ1n) is 5.82. The van der Waals surface area contributed by atoms with E-state index in [0.29, 0.717) is 12.3 Å². The van der Waals surface area contributed by atoms with Crippen LogP contribution in [0.15, 0.2) is 0 Å². The van der Waals surface area contributed by atoms with Crippen molar-refractivity contribution in [3.05, 3.63) is 0 Å². The second-order valence-electron chi connectivity index (χ2n) is 4.90. The van der Waals surface area contributed by atoms with Gasteiger partial charge >= 0.3 is 13.4 Å². The molecule has 0 bridgehead atoms. The van der Waals surface area contributed by atoms with Gasteiger partial charge in [-0.15, -0.1) is 0 Å². The van der Waals surface area contributed by atoms with Crippen LogP contribution in [0.1, 0.15) is 56.8 Å². The van der Waals surface area contributed by atoms with Crippen molar-refractivity contribution in [2.24, 2.45) is 17.6 Å². The quantitative estimate of drug-likeness (QED) is 0.535. The average Bonchev–Trinajstić information content (AvgIpc) is 2.16. The molecule has 0 aliphatic heterocycles. The van der Waals surface area contributed by atoms with Gasteiger partial charge in [0.1, 0.15) is 6.04 Å². The Hall–Kier alpha value is -1.51. The lowest BCUT2D eigenvalue weighted by Gasteiger charge is -2.07. The zero-order chi connectivity index (χ0) is 14.9. The van der Waals surface area contributed by atoms with Crippen molar-refractivity contribution in [1.82, 2.24) is 6.15 Å². The van der Waals surface area contributed by atoms with E-state index in [1.165, 1.54) is 0 Å². The normalized spacial score (nSPS) is 9.59. The van der Waals surface area contributed by atoms with E-state index in [9.17, 15) is 14.4 Å². The van der Waals surface area contributed by atoms with Crippen LogP contribution >= 0.6 is 0 Å². The van der Waals surface area contributed by atoms with Gasteiger partial charge in [-0.05, 0) is 18.3 Å². The van der Waals surface area contributed by atoms with E-state index in [2.05, 4.69) is 0 Å². The standard InChI is InChI=1S/C6H13NO2.C6H10O3.2CH4.H3N.H2O/c2*1-4(2)3-5(7)6(8)9;;;;/h4-5H,3,7H2,1-2H3,(H,8,9);4H,3H2,1-2H3,(H,8,9);2*1H4;1H3;1H2/p+1/t5-;;;;;/m0...../s1. The Balaban J connectivity index is -0.0000000366. The third-order valence-corrected chi connectivity index (χ3v) is 1.87. The first-order valence-corrected chi connectivity index (χ1v) is 5.82. The maximum atomic E-state index is 10.4. The number of hydrogen-bond acceptors (Lipinski definition) is 5. The molecule has 0 saturated heterocycles. The Morgan fingerprint density at radius 1 is 1.00 bits per heavy atom. The molecule has 138 valence electrons. The van der Waals surface area contributed by atoms with Gasteiger partial charge in [0.2, 0.25) is 5.78 Å². The maximum Gasteiger partial charge on any atom is 1.00 e. The summed E-state index contributed by atoms with van der Waals surface area (Å²) in [6.45, 7) is 7.51. The van der Waals surface area contributed by atoms with Crippen LogP contribution in [0.2, 0.25) is 0 Å². The molecule has 0 fully saturated rings. The fourth-order valence-corrected chi connectivity index (χ4v) is 1.07. The summed E-state index contributed by atoms with van der Waals surface area (Å²) in [5, 5.41) is 16.4. The molecule has 0 saturated carbocycles. The Kier molecular flexibility index (Phi) is 32.8. The van der Waals surface area contributed by atoms with Crippen LogP contribution < -0.4 is 11.9 Å². The van der Waals surface area contributed by atoms with Gasteiger partial charge in [0.15, 0.2) is 0 Å². The lowest BCUT2D eigenvalue weighted by molar-refractivity contribution is -0.149. The van der Waals surface area contributed by atoms with E-state index >= 15 is 0 Å². The molecule has 8 heteroatoms. The molecular formula is C14H37N2O6+. The number of carboxylic acids is 2. The van der Waals surface area contributed by atoms with Crippen molar-refractivity contribution in [2.45, 2.75) is 61.4 Å². The minimum absolute atomic E-state index is 0. The predicted molar refractivity (Wildman–Crippen MR) is 90.4 cm³/mol. The van der Waals surface area contributed by atoms with E-state index in [-0.39, 0.29) is 40.2 Å². The largest absolute Gasteiger partial charge is 1.00 e. The molecule has 0 aromatic rings. The smallest absolute Gasteiger partial charge is 0.480 e. The number of rotatable bonds is 6. The number of hydrogen-bond donors (Lipinski definition) is 4. The molecule has 0 radical (unpaired) electrons. The van der Waals surface area contributed by atoms with Crippen LogP contribution in [-0.2, 0) is 14.4 Å². The molecule has 0 aromatic heterocycles. The lowest BCUT2D eigenvalue weighted by Crippen LogP contribution is -2.31. The van der Waals surface area contributed by atoms with Crippen LogP contribution in [0, 0.1) is 11.8 Å². The van der Waals surface area contributed by atoms with Gasteiger partial charge in [0.25, 0.3) is 0 Å². The van der Waals surface area contributed by atoms with Gasteiger partial charge in [0.05, 0.1) is 0 Å². The van der Waals surface area contributed by atoms with E-state index in [1.54, 1.807) is 13.8 Å². The topological polar surface area (TPSA) is 184 Å². The predicted octanol–water partition coefficient (Wildman–Crippen LogP) is 1.85. The molecular weight excluding hydrogens is 292 g/mol. The van der Waals surface area contributed by atoms with E-state index in [4.69, 9.17) is 15.9 Å². The molecule has 22 heavy (non-hydrogen) atoms. The van der Waals surface area contributed by atoms with Gasteiger partial charge in [-0.25, -0.2) is 4.79 Å². The highest BCUT2D eigenvalue weighted by atomic mass is 16.4. The van der Waals surface area contributed by atoms with E-state index in [0.717, 1.165) is 0 Å². The molecule has 0 aliphatic rings. The van der Waals surface area contributed by atoms with Crippen molar-refractivity contribution >= 4 is 17.7 Å². The van der Waals surface area contributed by atoms with Gasteiger partial charge in [-0.1, -0.05) is 42.5 Å². The molecule has 0 heterocycles. The second kappa shape index (κ2) is 19.5. The maximum absolute atomic E-state index is 10.4. The van der Waals surface area contributed by atoms with E-state index in [1.807, 2.05) is 13.8 Å². The summed E-state index contributed by atoms with van der Waals surface area (Å²) in [6, 6.07) is -0.690. The van der Waals surface area contributed by atoms with E-state index < -0.39 is 23.8 Å². The van der Waals surface area contributed by atoms with Crippen molar-refractivity contribution in [3.63, 3.8) is 0 Å². The molecule has 1 atom stereocenters. The van der Waals surface area contributed by atoms with Crippen LogP contribution in [0.25, 0.3) is 0 Å². The molecule has 0 rings (SSSR count). The number of carbonyl (C=O) groups is 3. The van der Waals surface area contributed by atoms with Crippen LogP contribution in [0.3, 0.4) is 0 Å². The molecule has 0 spiro atoms. The molecule has 0 unspecified atom stereocenters. The Bertz CT molecular complexity index is 299. The summed E-state index contributed by atoms with van der Waals surface area (Å²) in [7, 11) is 0. The van der Waals surface area contributed by atoms with Gasteiger partial charge < -0.3 is 27.6 Å². The molecule has 8 nitrogen and oxygen atoms in total. The highest BCUT2D eigenvalue weighted by molar-refractivity contribution is 6.32. The zero-order valence-corrected chi connectivity index (χ0v) is 12.5. The number of Topliss-reactive ketones (excluding diaryl/α,β-unsaturated/α-hetero) is 1. The summed E-state index contributed by atoms with van der Waals surface area (Å²) in [5.41, 5.74) is 5.22. The fourth-order valence-electron chi connectivity index (χ4n) is 1.07. The minimum Gasteiger partial charge on any atom is -0.480 e. The Labute approximate surface area is 135 Å². The molecule has 0 amide bonds. The average molecular weight is 329 g/mol. The number of carboxylic acid groups (broad SMARTS) is 2. The van der Waals surface area contributed by atoms with Gasteiger partial charge in [-0.2, -0.15) is 0 Å². The number of ketones is 1. The first kappa shape index (κ1) is 37.1. The summed E-state index contributed by atoms with van der Waals surface area (Å²) in [4.78, 5) is 30.3. The summed E-state index contributed by atoms with van der Waals surface area (Å²) in [5.74, 6) is -2.46. The minimum atomic E-state index is -1.33. The Morgan fingerprint density at radius 2 is 1.36 bits per heavy atom. The summed E-state index contributed by atoms with van der Waals surface area (Å²) in [6.07, 6.45) is 0.685. The zero-order valence-electron chi connectivity index (χ0n) is 13.5. The summed E-state index contributed by atoms with van der Waals surface area (Å²) < 4.78 is 0. The van der Waals surface area contributed by atoms with Crippen LogP contribution in [-0.4, -0.2) is 39.5 Å². The highest BCUT2D eigenvalue weighted by Crippen LogP contribution is 2.01. The highest BCUT2D eigenvalue weighted by Gasteiger charge is 2.12. The molecule has 0 aromatic carbocycles. The summed E-state index contributed by atoms with van der Waals surface area (Å²) >= 11 is 0. The first-order chi connectivity index (χ1) is 8.07. The van der Waals surface area contributed by atoms with Gasteiger partial charge in [-0.3, -0.25) is 9.59 Å². The lowest BCUT2D eigenvalue weighted by atomic mass is 10.1. The van der Waals surface area contributed by atoms with Crippen molar-refractivity contribution < 1.29 is 31.5 Å². The van der Waals surface area contributed by atoms with Crippen molar-refractivity contribution in [3.8, 4) is 0 Å². The monoisotopic (exact) mass is 329 g/mol. The number of carbonyl (C=O) groups excluding carboxylic acids is 1. The second-order valence-corrected chi connectivity index (χ2v) is 4.90. The fraction of sp³-hybridized carbons (Fsp3) is 0.786. The third kappa shape index (κ3) is 26.9. The van der Waals surface area contributed by atoms with Crippen LogP contribution in [0.4, 0.5) is 0 Å². The molecule has 9 N–H and O–H groups in total. The van der Waals surface area contributed by atoms with Crippen molar-refractivity contribution in [2.75, 3.05) is 0 Å². The Morgan fingerprint density at radius 3 is 1.45 bits per heavy atom. The number of aliphatic carboxylic acids is 2. The van der Waals surface area contributed by atoms with Gasteiger partial charge in [0, 0.05) is 6.42 Å².